The number of rotatable bonds is 6. The number of methoxy groups -OCH3 is 2. The highest BCUT2D eigenvalue weighted by Gasteiger charge is 2.15. The Bertz CT molecular complexity index is 1070. The van der Waals surface area contributed by atoms with Crippen molar-refractivity contribution in [1.29, 1.82) is 0 Å². The predicted octanol–water partition coefficient (Wildman–Crippen LogP) is 3.05. The minimum absolute atomic E-state index is 0.154. The molecule has 0 atom stereocenters. The Kier molecular flexibility index (Phi) is 5.85. The zero-order valence-electron chi connectivity index (χ0n) is 16.9. The van der Waals surface area contributed by atoms with Gasteiger partial charge in [0.25, 0.3) is 0 Å². The number of carbonyl (C=O) groups is 1. The van der Waals surface area contributed by atoms with Gasteiger partial charge in [-0.2, -0.15) is 5.10 Å². The molecule has 1 aliphatic rings. The number of hydrazone groups is 1. The number of hydrogen-bond acceptors (Lipinski definition) is 7. The minimum atomic E-state index is -0.451. The van der Waals surface area contributed by atoms with Gasteiger partial charge < -0.3 is 23.5 Å². The molecule has 3 aromatic rings. The number of carbonyl (C=O) groups excluding carboxylic acids is 1. The summed E-state index contributed by atoms with van der Waals surface area (Å²) in [6, 6.07) is 13.0. The van der Waals surface area contributed by atoms with Crippen molar-refractivity contribution < 1.29 is 23.4 Å². The Balaban J connectivity index is 1.46. The standard InChI is InChI=1S/C22H23N3O5/c1-27-18-5-3-4-15-12-20(30-21(15)18)22(26)24-23-14-16-6-7-17(13-19(16)28-2)25-8-10-29-11-9-25/h3-7,12-14H,8-11H2,1-2H3,(H,24,26)/b23-14-. The van der Waals surface area contributed by atoms with E-state index in [-0.39, 0.29) is 5.76 Å². The van der Waals surface area contributed by atoms with Gasteiger partial charge in [0.1, 0.15) is 5.75 Å². The third-order valence-electron chi connectivity index (χ3n) is 4.91. The van der Waals surface area contributed by atoms with Crippen LogP contribution in [0.25, 0.3) is 11.0 Å². The summed E-state index contributed by atoms with van der Waals surface area (Å²) < 4.78 is 21.8. The molecule has 156 valence electrons. The van der Waals surface area contributed by atoms with Crippen molar-refractivity contribution in [3.05, 3.63) is 53.8 Å². The molecule has 2 aromatic carbocycles. The summed E-state index contributed by atoms with van der Waals surface area (Å²) >= 11 is 0. The van der Waals surface area contributed by atoms with E-state index in [9.17, 15) is 4.79 Å². The van der Waals surface area contributed by atoms with E-state index >= 15 is 0 Å². The van der Waals surface area contributed by atoms with Crippen molar-refractivity contribution >= 4 is 28.8 Å². The molecule has 1 N–H and O–H groups in total. The number of para-hydroxylation sites is 1. The van der Waals surface area contributed by atoms with Crippen LogP contribution in [-0.4, -0.2) is 52.6 Å². The van der Waals surface area contributed by atoms with Crippen LogP contribution in [0.5, 0.6) is 11.5 Å². The number of fused-ring (bicyclic) bond motifs is 1. The fraction of sp³-hybridized carbons (Fsp3) is 0.273. The highest BCUT2D eigenvalue weighted by Crippen LogP contribution is 2.28. The lowest BCUT2D eigenvalue weighted by Gasteiger charge is -2.29. The number of morpholine rings is 1. The van der Waals surface area contributed by atoms with E-state index in [1.165, 1.54) is 0 Å². The third-order valence-corrected chi connectivity index (χ3v) is 4.91. The Labute approximate surface area is 174 Å². The van der Waals surface area contributed by atoms with Gasteiger partial charge in [0.05, 0.1) is 33.6 Å². The number of amides is 1. The maximum Gasteiger partial charge on any atom is 0.307 e. The molecule has 8 nitrogen and oxygen atoms in total. The molecule has 1 saturated heterocycles. The molecule has 8 heteroatoms. The lowest BCUT2D eigenvalue weighted by atomic mass is 10.1. The normalized spacial score (nSPS) is 14.3. The number of anilines is 1. The summed E-state index contributed by atoms with van der Waals surface area (Å²) in [5.41, 5.74) is 4.82. The van der Waals surface area contributed by atoms with Gasteiger partial charge in [-0.1, -0.05) is 12.1 Å². The Hall–Kier alpha value is -3.52. The Morgan fingerprint density at radius 2 is 1.90 bits per heavy atom. The van der Waals surface area contributed by atoms with Gasteiger partial charge in [-0.05, 0) is 24.3 Å². The molecule has 2 heterocycles. The summed E-state index contributed by atoms with van der Waals surface area (Å²) in [7, 11) is 3.16. The molecule has 0 unspecified atom stereocenters. The molecule has 1 amide bonds. The Morgan fingerprint density at radius 3 is 2.67 bits per heavy atom. The summed E-state index contributed by atoms with van der Waals surface area (Å²) in [4.78, 5) is 14.7. The molecule has 0 spiro atoms. The smallest absolute Gasteiger partial charge is 0.307 e. The second-order valence-electron chi connectivity index (χ2n) is 6.71. The van der Waals surface area contributed by atoms with Crippen molar-refractivity contribution in [2.24, 2.45) is 5.10 Å². The fourth-order valence-corrected chi connectivity index (χ4v) is 3.35. The van der Waals surface area contributed by atoms with Crippen molar-refractivity contribution in [3.63, 3.8) is 0 Å². The molecule has 0 aliphatic carbocycles. The number of nitrogens with zero attached hydrogens (tertiary/aromatic N) is 2. The second-order valence-corrected chi connectivity index (χ2v) is 6.71. The van der Waals surface area contributed by atoms with Gasteiger partial charge in [0, 0.05) is 35.8 Å². The van der Waals surface area contributed by atoms with Gasteiger partial charge in [0.2, 0.25) is 0 Å². The lowest BCUT2D eigenvalue weighted by molar-refractivity contribution is 0.0929. The van der Waals surface area contributed by atoms with E-state index in [1.54, 1.807) is 32.6 Å². The first-order chi connectivity index (χ1) is 14.7. The summed E-state index contributed by atoms with van der Waals surface area (Å²) in [6.45, 7) is 3.11. The molecule has 0 radical (unpaired) electrons. The third kappa shape index (κ3) is 4.08. The number of furan rings is 1. The van der Waals surface area contributed by atoms with E-state index in [4.69, 9.17) is 18.6 Å². The molecule has 1 fully saturated rings. The first-order valence-electron chi connectivity index (χ1n) is 9.60. The Morgan fingerprint density at radius 1 is 1.10 bits per heavy atom. The number of benzene rings is 2. The predicted molar refractivity (Wildman–Crippen MR) is 114 cm³/mol. The zero-order valence-corrected chi connectivity index (χ0v) is 16.9. The molecule has 30 heavy (non-hydrogen) atoms. The average molecular weight is 409 g/mol. The van der Waals surface area contributed by atoms with Gasteiger partial charge in [0.15, 0.2) is 17.1 Å². The summed E-state index contributed by atoms with van der Waals surface area (Å²) in [6.07, 6.45) is 1.54. The number of nitrogens with one attached hydrogen (secondary N) is 1. The maximum atomic E-state index is 12.4. The topological polar surface area (TPSA) is 85.5 Å². The van der Waals surface area contributed by atoms with Crippen molar-refractivity contribution in [3.8, 4) is 11.5 Å². The van der Waals surface area contributed by atoms with Gasteiger partial charge in [-0.3, -0.25) is 4.79 Å². The highest BCUT2D eigenvalue weighted by molar-refractivity contribution is 5.97. The average Bonchev–Trinajstić information content (AvgIpc) is 3.24. The fourth-order valence-electron chi connectivity index (χ4n) is 3.35. The van der Waals surface area contributed by atoms with E-state index in [0.29, 0.717) is 30.3 Å². The number of hydrogen-bond donors (Lipinski definition) is 1. The molecule has 0 bridgehead atoms. The zero-order chi connectivity index (χ0) is 20.9. The van der Waals surface area contributed by atoms with Gasteiger partial charge in [-0.25, -0.2) is 5.43 Å². The van der Waals surface area contributed by atoms with Crippen molar-refractivity contribution in [1.82, 2.24) is 5.43 Å². The highest BCUT2D eigenvalue weighted by atomic mass is 16.5. The van der Waals surface area contributed by atoms with Crippen LogP contribution >= 0.6 is 0 Å². The molecular formula is C22H23N3O5. The van der Waals surface area contributed by atoms with E-state index in [2.05, 4.69) is 15.4 Å². The van der Waals surface area contributed by atoms with Gasteiger partial charge in [-0.15, -0.1) is 0 Å². The quantitative estimate of drug-likeness (QED) is 0.498. The summed E-state index contributed by atoms with van der Waals surface area (Å²) in [5, 5.41) is 4.83. The minimum Gasteiger partial charge on any atom is -0.496 e. The first kappa shape index (κ1) is 19.8. The largest absolute Gasteiger partial charge is 0.496 e. The maximum absolute atomic E-state index is 12.4. The number of ether oxygens (including phenoxy) is 3. The molecule has 0 saturated carbocycles. The van der Waals surface area contributed by atoms with E-state index in [0.717, 1.165) is 29.7 Å². The van der Waals surface area contributed by atoms with Crippen LogP contribution < -0.4 is 19.8 Å². The molecule has 1 aromatic heterocycles. The second kappa shape index (κ2) is 8.87. The first-order valence-corrected chi connectivity index (χ1v) is 9.60. The van der Waals surface area contributed by atoms with Crippen LogP contribution in [0.3, 0.4) is 0 Å². The van der Waals surface area contributed by atoms with Crippen molar-refractivity contribution in [2.75, 3.05) is 45.4 Å². The molecule has 4 rings (SSSR count). The lowest BCUT2D eigenvalue weighted by Crippen LogP contribution is -2.36. The van der Waals surface area contributed by atoms with Crippen LogP contribution in [0, 0.1) is 0 Å². The molecular weight excluding hydrogens is 386 g/mol. The van der Waals surface area contributed by atoms with Gasteiger partial charge >= 0.3 is 5.91 Å². The van der Waals surface area contributed by atoms with E-state index in [1.807, 2.05) is 30.3 Å². The van der Waals surface area contributed by atoms with E-state index < -0.39 is 5.91 Å². The van der Waals surface area contributed by atoms with Crippen LogP contribution in [0.4, 0.5) is 5.69 Å². The van der Waals surface area contributed by atoms with Crippen LogP contribution in [0.15, 0.2) is 52.0 Å². The van der Waals surface area contributed by atoms with Crippen LogP contribution in [-0.2, 0) is 4.74 Å². The monoisotopic (exact) mass is 409 g/mol. The van der Waals surface area contributed by atoms with Crippen molar-refractivity contribution in [2.45, 2.75) is 0 Å². The van der Waals surface area contributed by atoms with Crippen LogP contribution in [0.2, 0.25) is 0 Å². The summed E-state index contributed by atoms with van der Waals surface area (Å²) in [5.74, 6) is 0.945. The molecule has 1 aliphatic heterocycles. The SMILES string of the molecule is COc1cc(N2CCOCC2)ccc1/C=N\NC(=O)c1cc2cccc(OC)c2o1. The van der Waals surface area contributed by atoms with Crippen LogP contribution in [0.1, 0.15) is 16.1 Å².